The molecule has 0 fully saturated rings. The minimum atomic E-state index is -0.951. The van der Waals surface area contributed by atoms with Crippen LogP contribution < -0.4 is 5.32 Å². The number of aliphatic carboxylic acids is 1. The fourth-order valence-corrected chi connectivity index (χ4v) is 2.46. The number of carbonyl (C=O) groups is 2. The lowest BCUT2D eigenvalue weighted by Gasteiger charge is -2.19. The molecule has 0 atom stereocenters. The SMILES string of the molecule is Cc1ccccc1CCC(=O)Nc1ccc(C(C)(C)C(=O)O)cc1. The van der Waals surface area contributed by atoms with Crippen molar-refractivity contribution in [2.75, 3.05) is 5.32 Å². The molecule has 2 N–H and O–H groups in total. The summed E-state index contributed by atoms with van der Waals surface area (Å²) in [5.74, 6) is -0.930. The summed E-state index contributed by atoms with van der Waals surface area (Å²) in [6.45, 7) is 5.35. The summed E-state index contributed by atoms with van der Waals surface area (Å²) >= 11 is 0. The number of hydrogen-bond acceptors (Lipinski definition) is 2. The highest BCUT2D eigenvalue weighted by Gasteiger charge is 2.29. The Bertz CT molecular complexity index is 733. The molecule has 0 saturated heterocycles. The lowest BCUT2D eigenvalue weighted by Crippen LogP contribution is -2.28. The molecule has 0 aliphatic heterocycles. The number of amides is 1. The van der Waals surface area contributed by atoms with Gasteiger partial charge in [-0.15, -0.1) is 0 Å². The number of aryl methyl sites for hydroxylation is 2. The largest absolute Gasteiger partial charge is 0.481 e. The Kier molecular flexibility index (Phi) is 5.39. The number of benzene rings is 2. The molecule has 126 valence electrons. The van der Waals surface area contributed by atoms with Gasteiger partial charge in [0.15, 0.2) is 0 Å². The second-order valence-corrected chi connectivity index (χ2v) is 6.48. The maximum absolute atomic E-state index is 12.1. The van der Waals surface area contributed by atoms with Crippen LogP contribution in [0.15, 0.2) is 48.5 Å². The van der Waals surface area contributed by atoms with Crippen LogP contribution in [0.2, 0.25) is 0 Å². The van der Waals surface area contributed by atoms with E-state index in [0.717, 1.165) is 0 Å². The summed E-state index contributed by atoms with van der Waals surface area (Å²) in [4.78, 5) is 23.3. The van der Waals surface area contributed by atoms with Crippen molar-refractivity contribution in [3.05, 3.63) is 65.2 Å². The number of rotatable bonds is 6. The Balaban J connectivity index is 1.95. The van der Waals surface area contributed by atoms with E-state index in [1.165, 1.54) is 11.1 Å². The molecule has 0 aliphatic carbocycles. The molecule has 0 aromatic heterocycles. The van der Waals surface area contributed by atoms with Gasteiger partial charge in [-0.1, -0.05) is 36.4 Å². The quantitative estimate of drug-likeness (QED) is 0.845. The van der Waals surface area contributed by atoms with Crippen LogP contribution in [0.3, 0.4) is 0 Å². The van der Waals surface area contributed by atoms with Crippen molar-refractivity contribution in [3.8, 4) is 0 Å². The van der Waals surface area contributed by atoms with Crippen molar-refractivity contribution in [1.82, 2.24) is 0 Å². The highest BCUT2D eigenvalue weighted by Crippen LogP contribution is 2.24. The molecule has 4 heteroatoms. The smallest absolute Gasteiger partial charge is 0.313 e. The Morgan fingerprint density at radius 3 is 2.25 bits per heavy atom. The molecule has 1 amide bonds. The molecule has 4 nitrogen and oxygen atoms in total. The van der Waals surface area contributed by atoms with E-state index in [1.807, 2.05) is 31.2 Å². The van der Waals surface area contributed by atoms with E-state index in [0.29, 0.717) is 24.1 Å². The summed E-state index contributed by atoms with van der Waals surface area (Å²) in [6.07, 6.45) is 1.11. The number of anilines is 1. The van der Waals surface area contributed by atoms with Crippen molar-refractivity contribution in [2.45, 2.75) is 39.0 Å². The third-order valence-electron chi connectivity index (χ3n) is 4.31. The molecule has 0 aliphatic rings. The molecular weight excluding hydrogens is 302 g/mol. The first kappa shape index (κ1) is 17.7. The van der Waals surface area contributed by atoms with Crippen LogP contribution in [0.1, 0.15) is 37.0 Å². The van der Waals surface area contributed by atoms with Gasteiger partial charge in [-0.05, 0) is 56.0 Å². The highest BCUT2D eigenvalue weighted by atomic mass is 16.4. The average molecular weight is 325 g/mol. The van der Waals surface area contributed by atoms with Crippen molar-refractivity contribution in [2.24, 2.45) is 0 Å². The summed E-state index contributed by atoms with van der Waals surface area (Å²) < 4.78 is 0. The van der Waals surface area contributed by atoms with Gasteiger partial charge in [0.05, 0.1) is 5.41 Å². The second kappa shape index (κ2) is 7.30. The van der Waals surface area contributed by atoms with E-state index in [-0.39, 0.29) is 5.91 Å². The summed E-state index contributed by atoms with van der Waals surface area (Å²) in [6, 6.07) is 15.0. The molecule has 2 aromatic carbocycles. The lowest BCUT2D eigenvalue weighted by molar-refractivity contribution is -0.142. The Labute approximate surface area is 142 Å². The van der Waals surface area contributed by atoms with Gasteiger partial charge in [0, 0.05) is 12.1 Å². The molecule has 2 aromatic rings. The Morgan fingerprint density at radius 2 is 1.67 bits per heavy atom. The van der Waals surface area contributed by atoms with Gasteiger partial charge < -0.3 is 10.4 Å². The molecule has 24 heavy (non-hydrogen) atoms. The topological polar surface area (TPSA) is 66.4 Å². The van der Waals surface area contributed by atoms with Gasteiger partial charge in [-0.2, -0.15) is 0 Å². The molecular formula is C20H23NO3. The monoisotopic (exact) mass is 325 g/mol. The van der Waals surface area contributed by atoms with Gasteiger partial charge in [0.1, 0.15) is 0 Å². The summed E-state index contributed by atoms with van der Waals surface area (Å²) in [5, 5.41) is 12.1. The first-order chi connectivity index (χ1) is 11.3. The zero-order chi connectivity index (χ0) is 17.7. The maximum atomic E-state index is 12.1. The van der Waals surface area contributed by atoms with Gasteiger partial charge in [-0.3, -0.25) is 9.59 Å². The zero-order valence-corrected chi connectivity index (χ0v) is 14.3. The van der Waals surface area contributed by atoms with Crippen LogP contribution in [0.5, 0.6) is 0 Å². The fourth-order valence-electron chi connectivity index (χ4n) is 2.46. The second-order valence-electron chi connectivity index (χ2n) is 6.48. The number of nitrogens with one attached hydrogen (secondary N) is 1. The Hall–Kier alpha value is -2.62. The molecule has 2 rings (SSSR count). The van der Waals surface area contributed by atoms with E-state index in [9.17, 15) is 14.7 Å². The first-order valence-corrected chi connectivity index (χ1v) is 7.99. The van der Waals surface area contributed by atoms with Crippen molar-refractivity contribution >= 4 is 17.6 Å². The third kappa shape index (κ3) is 4.22. The summed E-state index contributed by atoms with van der Waals surface area (Å²) in [5.41, 5.74) is 2.78. The Morgan fingerprint density at radius 1 is 1.04 bits per heavy atom. The van der Waals surface area contributed by atoms with Crippen molar-refractivity contribution < 1.29 is 14.7 Å². The van der Waals surface area contributed by atoms with Crippen LogP contribution >= 0.6 is 0 Å². The standard InChI is InChI=1S/C20H23NO3/c1-14-6-4-5-7-15(14)8-13-18(22)21-17-11-9-16(10-12-17)20(2,3)19(23)24/h4-7,9-12H,8,13H2,1-3H3,(H,21,22)(H,23,24). The van der Waals surface area contributed by atoms with Gasteiger partial charge >= 0.3 is 5.97 Å². The van der Waals surface area contributed by atoms with Crippen LogP contribution in [0.4, 0.5) is 5.69 Å². The van der Waals surface area contributed by atoms with Crippen molar-refractivity contribution in [3.63, 3.8) is 0 Å². The molecule has 0 bridgehead atoms. The zero-order valence-electron chi connectivity index (χ0n) is 14.3. The average Bonchev–Trinajstić information content (AvgIpc) is 2.54. The first-order valence-electron chi connectivity index (χ1n) is 7.99. The molecule has 0 saturated carbocycles. The minimum absolute atomic E-state index is 0.0523. The van der Waals surface area contributed by atoms with E-state index in [1.54, 1.807) is 38.1 Å². The third-order valence-corrected chi connectivity index (χ3v) is 4.31. The van der Waals surface area contributed by atoms with Crippen LogP contribution in [-0.2, 0) is 21.4 Å². The van der Waals surface area contributed by atoms with Gasteiger partial charge in [0.25, 0.3) is 0 Å². The normalized spacial score (nSPS) is 11.1. The number of carboxylic acid groups (broad SMARTS) is 1. The summed E-state index contributed by atoms with van der Waals surface area (Å²) in [7, 11) is 0. The molecule has 0 heterocycles. The van der Waals surface area contributed by atoms with Gasteiger partial charge in [0.2, 0.25) is 5.91 Å². The van der Waals surface area contributed by atoms with E-state index < -0.39 is 11.4 Å². The predicted molar refractivity (Wildman–Crippen MR) is 95.2 cm³/mol. The number of hydrogen-bond donors (Lipinski definition) is 2. The van der Waals surface area contributed by atoms with E-state index >= 15 is 0 Å². The fraction of sp³-hybridized carbons (Fsp3) is 0.300. The maximum Gasteiger partial charge on any atom is 0.313 e. The lowest BCUT2D eigenvalue weighted by atomic mass is 9.85. The van der Waals surface area contributed by atoms with E-state index in [4.69, 9.17) is 0 Å². The molecule has 0 spiro atoms. The van der Waals surface area contributed by atoms with Crippen LogP contribution in [0, 0.1) is 6.92 Å². The van der Waals surface area contributed by atoms with E-state index in [2.05, 4.69) is 5.32 Å². The van der Waals surface area contributed by atoms with Crippen LogP contribution in [0.25, 0.3) is 0 Å². The van der Waals surface area contributed by atoms with Gasteiger partial charge in [-0.25, -0.2) is 0 Å². The highest BCUT2D eigenvalue weighted by molar-refractivity contribution is 5.91. The minimum Gasteiger partial charge on any atom is -0.481 e. The van der Waals surface area contributed by atoms with Crippen LogP contribution in [-0.4, -0.2) is 17.0 Å². The molecule has 0 radical (unpaired) electrons. The van der Waals surface area contributed by atoms with Crippen molar-refractivity contribution in [1.29, 1.82) is 0 Å². The number of carboxylic acids is 1. The molecule has 0 unspecified atom stereocenters. The predicted octanol–water partition coefficient (Wildman–Crippen LogP) is 3.93. The number of carbonyl (C=O) groups excluding carboxylic acids is 1.